The van der Waals surface area contributed by atoms with E-state index in [9.17, 15) is 0 Å². The summed E-state index contributed by atoms with van der Waals surface area (Å²) >= 11 is 2.15. The molecule has 2 N–H and O–H groups in total. The van der Waals surface area contributed by atoms with Gasteiger partial charge in [0.1, 0.15) is 5.75 Å². The number of aliphatic imine (C=N–C) groups is 1. The van der Waals surface area contributed by atoms with E-state index in [4.69, 9.17) is 4.74 Å². The Kier molecular flexibility index (Phi) is 7.17. The molecule has 1 saturated carbocycles. The average Bonchev–Trinajstić information content (AvgIpc) is 2.72. The summed E-state index contributed by atoms with van der Waals surface area (Å²) in [6.45, 7) is 0.654. The molecule has 3 rings (SSSR count). The van der Waals surface area contributed by atoms with Crippen molar-refractivity contribution in [1.29, 1.82) is 0 Å². The van der Waals surface area contributed by atoms with Crippen LogP contribution in [-0.4, -0.2) is 19.1 Å². The maximum atomic E-state index is 5.20. The lowest BCUT2D eigenvalue weighted by atomic mass is 9.82. The molecule has 0 aromatic heterocycles. The second-order valence-electron chi connectivity index (χ2n) is 6.71. The van der Waals surface area contributed by atoms with Crippen LogP contribution in [0.4, 0.5) is 0 Å². The number of methoxy groups -OCH3 is 1. The van der Waals surface area contributed by atoms with Crippen molar-refractivity contribution < 1.29 is 4.74 Å². The number of hydrogen-bond donors (Lipinski definition) is 2. The van der Waals surface area contributed by atoms with Crippen LogP contribution in [-0.2, 0) is 6.54 Å². The van der Waals surface area contributed by atoms with E-state index in [1.807, 2.05) is 12.1 Å². The third-order valence-corrected chi connectivity index (χ3v) is 5.52. The Morgan fingerprint density at radius 2 is 1.73 bits per heavy atom. The number of nitrogens with one attached hydrogen (secondary N) is 2. The Morgan fingerprint density at radius 3 is 2.35 bits per heavy atom. The zero-order chi connectivity index (χ0) is 18.2. The highest BCUT2D eigenvalue weighted by Gasteiger charge is 2.22. The van der Waals surface area contributed by atoms with Crippen LogP contribution in [0.5, 0.6) is 5.75 Å². The number of hydrogen-bond acceptors (Lipinski definition) is 2. The highest BCUT2D eigenvalue weighted by atomic mass is 127. The number of nitrogens with zero attached hydrogens (tertiary/aromatic N) is 1. The van der Waals surface area contributed by atoms with Crippen molar-refractivity contribution in [1.82, 2.24) is 8.85 Å². The zero-order valence-electron chi connectivity index (χ0n) is 15.1. The van der Waals surface area contributed by atoms with Crippen LogP contribution >= 0.6 is 22.9 Å². The van der Waals surface area contributed by atoms with E-state index in [0.717, 1.165) is 11.7 Å². The number of benzene rings is 2. The summed E-state index contributed by atoms with van der Waals surface area (Å²) < 4.78 is 8.36. The summed E-state index contributed by atoms with van der Waals surface area (Å²) in [5, 5.41) is 3.58. The lowest BCUT2D eigenvalue weighted by Crippen LogP contribution is -2.41. The molecule has 0 radical (unpaired) electrons. The number of ether oxygens (including phenoxy) is 1. The van der Waals surface area contributed by atoms with Gasteiger partial charge in [-0.05, 0) is 54.9 Å². The lowest BCUT2D eigenvalue weighted by Gasteiger charge is -2.30. The van der Waals surface area contributed by atoms with Crippen LogP contribution in [0.1, 0.15) is 42.7 Å². The van der Waals surface area contributed by atoms with Crippen LogP contribution < -0.4 is 13.6 Å². The summed E-state index contributed by atoms with van der Waals surface area (Å²) in [4.78, 5) is 4.69. The fourth-order valence-corrected chi connectivity index (χ4v) is 3.82. The summed E-state index contributed by atoms with van der Waals surface area (Å²) in [6.07, 6.45) is 4.82. The second-order valence-corrected chi connectivity index (χ2v) is 7.25. The first-order chi connectivity index (χ1) is 12.8. The zero-order valence-corrected chi connectivity index (χ0v) is 17.3. The first-order valence-corrected chi connectivity index (χ1v) is 10.2. The summed E-state index contributed by atoms with van der Waals surface area (Å²) in [5.41, 5.74) is 2.65. The molecule has 0 heterocycles. The van der Waals surface area contributed by atoms with Crippen molar-refractivity contribution in [2.75, 3.05) is 7.11 Å². The molecule has 0 bridgehead atoms. The molecule has 0 unspecified atom stereocenters. The van der Waals surface area contributed by atoms with E-state index >= 15 is 0 Å². The molecular formula is C21H26IN3O. The van der Waals surface area contributed by atoms with Gasteiger partial charge in [-0.3, -0.25) is 3.53 Å². The molecule has 1 aliphatic carbocycles. The molecule has 0 saturated heterocycles. The Morgan fingerprint density at radius 1 is 1.04 bits per heavy atom. The van der Waals surface area contributed by atoms with Gasteiger partial charge in [0.2, 0.25) is 5.96 Å². The number of rotatable bonds is 5. The number of guanidine groups is 1. The van der Waals surface area contributed by atoms with Gasteiger partial charge in [-0.1, -0.05) is 42.5 Å². The molecule has 0 spiro atoms. The molecule has 5 heteroatoms. The van der Waals surface area contributed by atoms with Crippen molar-refractivity contribution in [3.63, 3.8) is 0 Å². The maximum Gasteiger partial charge on any atom is 0.200 e. The van der Waals surface area contributed by atoms with Crippen molar-refractivity contribution in [3.05, 3.63) is 65.7 Å². The average molecular weight is 463 g/mol. The molecule has 4 nitrogen and oxygen atoms in total. The van der Waals surface area contributed by atoms with Crippen LogP contribution in [0.15, 0.2) is 59.6 Å². The molecule has 2 aromatic rings. The van der Waals surface area contributed by atoms with E-state index < -0.39 is 0 Å². The van der Waals surface area contributed by atoms with E-state index in [1.165, 1.54) is 36.8 Å². The minimum atomic E-state index is 0.492. The quantitative estimate of drug-likeness (QED) is 0.290. The van der Waals surface area contributed by atoms with Crippen LogP contribution in [0.25, 0.3) is 0 Å². The molecule has 1 aliphatic rings. The van der Waals surface area contributed by atoms with E-state index in [-0.39, 0.29) is 0 Å². The fraction of sp³-hybridized carbons (Fsp3) is 0.381. The molecular weight excluding hydrogens is 437 g/mol. The Bertz CT molecular complexity index is 695. The first kappa shape index (κ1) is 19.0. The normalized spacial score (nSPS) is 20.5. The predicted octanol–water partition coefficient (Wildman–Crippen LogP) is 4.81. The minimum absolute atomic E-state index is 0.492. The third-order valence-electron chi connectivity index (χ3n) is 5.01. The number of halogens is 1. The Hall–Kier alpha value is -1.76. The minimum Gasteiger partial charge on any atom is -0.497 e. The lowest BCUT2D eigenvalue weighted by molar-refractivity contribution is 0.372. The molecule has 26 heavy (non-hydrogen) atoms. The van der Waals surface area contributed by atoms with Crippen LogP contribution in [0.2, 0.25) is 0 Å². The van der Waals surface area contributed by atoms with Crippen LogP contribution in [0, 0.1) is 0 Å². The first-order valence-electron chi connectivity index (χ1n) is 9.14. The van der Waals surface area contributed by atoms with E-state index in [2.05, 4.69) is 79.2 Å². The predicted molar refractivity (Wildman–Crippen MR) is 116 cm³/mol. The molecule has 0 aliphatic heterocycles. The smallest absolute Gasteiger partial charge is 0.200 e. The molecule has 0 atom stereocenters. The van der Waals surface area contributed by atoms with Gasteiger partial charge in [-0.2, -0.15) is 0 Å². The van der Waals surface area contributed by atoms with Gasteiger partial charge in [0, 0.05) is 6.04 Å². The molecule has 1 fully saturated rings. The molecule has 138 valence electrons. The topological polar surface area (TPSA) is 45.6 Å². The largest absolute Gasteiger partial charge is 0.497 e. The third kappa shape index (κ3) is 5.37. The van der Waals surface area contributed by atoms with Gasteiger partial charge in [0.05, 0.1) is 36.5 Å². The van der Waals surface area contributed by atoms with E-state index in [1.54, 1.807) is 7.11 Å². The maximum absolute atomic E-state index is 5.20. The Labute approximate surface area is 169 Å². The van der Waals surface area contributed by atoms with Crippen molar-refractivity contribution in [3.8, 4) is 5.75 Å². The highest BCUT2D eigenvalue weighted by Crippen LogP contribution is 2.32. The molecule has 2 aromatic carbocycles. The fourth-order valence-electron chi connectivity index (χ4n) is 3.49. The highest BCUT2D eigenvalue weighted by molar-refractivity contribution is 14.1. The van der Waals surface area contributed by atoms with E-state index in [0.29, 0.717) is 18.5 Å². The second kappa shape index (κ2) is 9.80. The van der Waals surface area contributed by atoms with Gasteiger partial charge >= 0.3 is 0 Å². The summed E-state index contributed by atoms with van der Waals surface area (Å²) in [5.74, 6) is 2.43. The Balaban J connectivity index is 1.50. The van der Waals surface area contributed by atoms with Crippen molar-refractivity contribution in [2.24, 2.45) is 4.99 Å². The SMILES string of the molecule is COc1ccc(CN=C(NI)NC2CCC(c3ccccc3)CC2)cc1. The van der Waals surface area contributed by atoms with Gasteiger partial charge < -0.3 is 10.1 Å². The molecule has 0 amide bonds. The van der Waals surface area contributed by atoms with Crippen molar-refractivity contribution >= 4 is 28.8 Å². The summed E-state index contributed by atoms with van der Waals surface area (Å²) in [7, 11) is 1.68. The van der Waals surface area contributed by atoms with Gasteiger partial charge in [-0.25, -0.2) is 4.99 Å². The summed E-state index contributed by atoms with van der Waals surface area (Å²) in [6, 6.07) is 19.4. The van der Waals surface area contributed by atoms with Crippen molar-refractivity contribution in [2.45, 2.75) is 44.2 Å². The van der Waals surface area contributed by atoms with Crippen LogP contribution in [0.3, 0.4) is 0 Å². The monoisotopic (exact) mass is 463 g/mol. The standard InChI is InChI=1S/C21H26IN3O/c1-26-20-13-7-16(8-14-20)15-23-21(25-22)24-19-11-9-18(10-12-19)17-5-3-2-4-6-17/h2-8,13-14,18-19H,9-12,15H2,1H3,(H2,23,24,25). The van der Waals surface area contributed by atoms with Gasteiger partial charge in [-0.15, -0.1) is 0 Å². The van der Waals surface area contributed by atoms with Gasteiger partial charge in [0.25, 0.3) is 0 Å². The van der Waals surface area contributed by atoms with Gasteiger partial charge in [0.15, 0.2) is 0 Å².